The fraction of sp³-hybridized carbons (Fsp3) is 0.167. The lowest BCUT2D eigenvalue weighted by Gasteiger charge is -2.01. The number of benzene rings is 2. The highest BCUT2D eigenvalue weighted by Gasteiger charge is 2.23. The molecule has 0 fully saturated rings. The standard InChI is InChI=1S/C18H17NO/c1-2-5-13-8-10-14(11-9-13)12-17-18(20)15-6-3-4-7-16(15)19-17/h3-4,6-12,19H,2,5H2,1H3/b17-12+. The fourth-order valence-corrected chi connectivity index (χ4v) is 2.47. The van der Waals surface area contributed by atoms with E-state index in [1.165, 1.54) is 5.56 Å². The van der Waals surface area contributed by atoms with Gasteiger partial charge >= 0.3 is 0 Å². The third-order valence-corrected chi connectivity index (χ3v) is 3.52. The second kappa shape index (κ2) is 5.33. The van der Waals surface area contributed by atoms with E-state index in [-0.39, 0.29) is 5.78 Å². The molecule has 3 rings (SSSR count). The number of carbonyl (C=O) groups is 1. The van der Waals surface area contributed by atoms with Crippen molar-refractivity contribution in [1.82, 2.24) is 0 Å². The monoisotopic (exact) mass is 263 g/mol. The third-order valence-electron chi connectivity index (χ3n) is 3.52. The zero-order valence-corrected chi connectivity index (χ0v) is 11.5. The van der Waals surface area contributed by atoms with Crippen LogP contribution in [0.2, 0.25) is 0 Å². The fourth-order valence-electron chi connectivity index (χ4n) is 2.47. The van der Waals surface area contributed by atoms with Crippen molar-refractivity contribution in [3.05, 3.63) is 70.9 Å². The highest BCUT2D eigenvalue weighted by molar-refractivity contribution is 6.20. The van der Waals surface area contributed by atoms with E-state index in [1.54, 1.807) is 0 Å². The SMILES string of the molecule is CCCc1ccc(/C=C2/Nc3ccccc3C2=O)cc1. The summed E-state index contributed by atoms with van der Waals surface area (Å²) in [6.45, 7) is 2.17. The van der Waals surface area contributed by atoms with Crippen molar-refractivity contribution in [2.45, 2.75) is 19.8 Å². The zero-order chi connectivity index (χ0) is 13.9. The van der Waals surface area contributed by atoms with Crippen molar-refractivity contribution in [3.63, 3.8) is 0 Å². The number of nitrogens with one attached hydrogen (secondary N) is 1. The highest BCUT2D eigenvalue weighted by atomic mass is 16.1. The second-order valence-electron chi connectivity index (χ2n) is 5.05. The minimum Gasteiger partial charge on any atom is -0.352 e. The summed E-state index contributed by atoms with van der Waals surface area (Å²) in [4.78, 5) is 12.2. The van der Waals surface area contributed by atoms with Gasteiger partial charge in [-0.25, -0.2) is 0 Å². The number of aryl methyl sites for hydroxylation is 1. The van der Waals surface area contributed by atoms with Crippen LogP contribution in [0.3, 0.4) is 0 Å². The quantitative estimate of drug-likeness (QED) is 0.837. The average Bonchev–Trinajstić information content (AvgIpc) is 2.79. The lowest BCUT2D eigenvalue weighted by atomic mass is 10.1. The minimum atomic E-state index is 0.0678. The third kappa shape index (κ3) is 2.37. The molecule has 1 aliphatic rings. The number of ketones is 1. The van der Waals surface area contributed by atoms with Crippen molar-refractivity contribution >= 4 is 17.5 Å². The van der Waals surface area contributed by atoms with Crippen LogP contribution in [0, 0.1) is 0 Å². The van der Waals surface area contributed by atoms with E-state index in [4.69, 9.17) is 0 Å². The summed E-state index contributed by atoms with van der Waals surface area (Å²) in [5, 5.41) is 3.18. The number of carbonyl (C=O) groups excluding carboxylic acids is 1. The Hall–Kier alpha value is -2.35. The van der Waals surface area contributed by atoms with E-state index in [9.17, 15) is 4.79 Å². The normalized spacial score (nSPS) is 15.2. The molecule has 0 saturated carbocycles. The van der Waals surface area contributed by atoms with Gasteiger partial charge in [-0.2, -0.15) is 0 Å². The van der Waals surface area contributed by atoms with Crippen molar-refractivity contribution in [1.29, 1.82) is 0 Å². The molecule has 1 heterocycles. The van der Waals surface area contributed by atoms with E-state index in [2.05, 4.69) is 36.5 Å². The molecule has 0 radical (unpaired) electrons. The molecule has 2 nitrogen and oxygen atoms in total. The Kier molecular flexibility index (Phi) is 3.38. The molecule has 0 bridgehead atoms. The summed E-state index contributed by atoms with van der Waals surface area (Å²) in [6.07, 6.45) is 4.16. The van der Waals surface area contributed by atoms with Gasteiger partial charge in [-0.15, -0.1) is 0 Å². The number of anilines is 1. The average molecular weight is 263 g/mol. The largest absolute Gasteiger partial charge is 0.352 e. The van der Waals surface area contributed by atoms with Crippen molar-refractivity contribution < 1.29 is 4.79 Å². The molecule has 0 aromatic heterocycles. The molecular weight excluding hydrogens is 246 g/mol. The van der Waals surface area contributed by atoms with E-state index in [0.29, 0.717) is 5.70 Å². The molecule has 1 N–H and O–H groups in total. The van der Waals surface area contributed by atoms with Crippen LogP contribution in [0.15, 0.2) is 54.2 Å². The highest BCUT2D eigenvalue weighted by Crippen LogP contribution is 2.28. The number of hydrogen-bond acceptors (Lipinski definition) is 2. The molecule has 0 unspecified atom stereocenters. The molecular formula is C18H17NO. The number of allylic oxidation sites excluding steroid dienone is 1. The van der Waals surface area contributed by atoms with Crippen LogP contribution in [0.5, 0.6) is 0 Å². The first kappa shape index (κ1) is 12.7. The Labute approximate surface area is 119 Å². The lowest BCUT2D eigenvalue weighted by molar-refractivity contribution is 0.104. The van der Waals surface area contributed by atoms with E-state index < -0.39 is 0 Å². The number of hydrogen-bond donors (Lipinski definition) is 1. The predicted octanol–water partition coefficient (Wildman–Crippen LogP) is 4.29. The summed E-state index contributed by atoms with van der Waals surface area (Å²) in [5.41, 5.74) is 4.68. The first-order chi connectivity index (χ1) is 9.78. The van der Waals surface area contributed by atoms with Gasteiger partial charge in [0.05, 0.1) is 5.70 Å². The first-order valence-electron chi connectivity index (χ1n) is 6.99. The van der Waals surface area contributed by atoms with Crippen LogP contribution in [-0.4, -0.2) is 5.78 Å². The summed E-state index contributed by atoms with van der Waals surface area (Å²) in [6, 6.07) is 16.0. The first-order valence-corrected chi connectivity index (χ1v) is 6.99. The van der Waals surface area contributed by atoms with Crippen molar-refractivity contribution in [2.24, 2.45) is 0 Å². The van der Waals surface area contributed by atoms with Crippen LogP contribution in [-0.2, 0) is 6.42 Å². The number of fused-ring (bicyclic) bond motifs is 1. The molecule has 2 aromatic rings. The molecule has 100 valence electrons. The van der Waals surface area contributed by atoms with Gasteiger partial charge in [0.1, 0.15) is 0 Å². The smallest absolute Gasteiger partial charge is 0.211 e. The van der Waals surface area contributed by atoms with E-state index >= 15 is 0 Å². The van der Waals surface area contributed by atoms with Crippen molar-refractivity contribution in [3.8, 4) is 0 Å². The second-order valence-corrected chi connectivity index (χ2v) is 5.05. The zero-order valence-electron chi connectivity index (χ0n) is 11.5. The summed E-state index contributed by atoms with van der Waals surface area (Å²) < 4.78 is 0. The lowest BCUT2D eigenvalue weighted by Crippen LogP contribution is -1.99. The van der Waals surface area contributed by atoms with Crippen LogP contribution in [0.25, 0.3) is 6.08 Å². The summed E-state index contributed by atoms with van der Waals surface area (Å²) in [7, 11) is 0. The van der Waals surface area contributed by atoms with Crippen LogP contribution < -0.4 is 5.32 Å². The predicted molar refractivity (Wildman–Crippen MR) is 82.8 cm³/mol. The van der Waals surface area contributed by atoms with Gasteiger partial charge in [-0.1, -0.05) is 49.7 Å². The Balaban J connectivity index is 1.85. The summed E-state index contributed by atoms with van der Waals surface area (Å²) in [5.74, 6) is 0.0678. The summed E-state index contributed by atoms with van der Waals surface area (Å²) >= 11 is 0. The molecule has 0 spiro atoms. The van der Waals surface area contributed by atoms with Crippen LogP contribution in [0.1, 0.15) is 34.8 Å². The molecule has 1 aliphatic heterocycles. The number of Topliss-reactive ketones (excluding diaryl/α,β-unsaturated/α-hetero) is 1. The molecule has 2 aromatic carbocycles. The molecule has 0 amide bonds. The van der Waals surface area contributed by atoms with Gasteiger partial charge < -0.3 is 5.32 Å². The van der Waals surface area contributed by atoms with Gasteiger partial charge in [-0.3, -0.25) is 4.79 Å². The van der Waals surface area contributed by atoms with Gasteiger partial charge in [0.25, 0.3) is 0 Å². The molecule has 20 heavy (non-hydrogen) atoms. The van der Waals surface area contributed by atoms with Crippen LogP contribution in [0.4, 0.5) is 5.69 Å². The molecule has 2 heteroatoms. The van der Waals surface area contributed by atoms with Crippen molar-refractivity contribution in [2.75, 3.05) is 5.32 Å². The van der Waals surface area contributed by atoms with Gasteiger partial charge in [0.15, 0.2) is 0 Å². The Morgan fingerprint density at radius 2 is 1.80 bits per heavy atom. The molecule has 0 atom stereocenters. The van der Waals surface area contributed by atoms with E-state index in [0.717, 1.165) is 29.7 Å². The molecule has 0 saturated heterocycles. The number of rotatable bonds is 3. The van der Waals surface area contributed by atoms with Gasteiger partial charge in [-0.05, 0) is 35.8 Å². The van der Waals surface area contributed by atoms with Gasteiger partial charge in [0, 0.05) is 11.3 Å². The maximum absolute atomic E-state index is 12.2. The van der Waals surface area contributed by atoms with E-state index in [1.807, 2.05) is 30.3 Å². The Morgan fingerprint density at radius 3 is 2.50 bits per heavy atom. The minimum absolute atomic E-state index is 0.0678. The Morgan fingerprint density at radius 1 is 1.05 bits per heavy atom. The number of para-hydroxylation sites is 1. The maximum atomic E-state index is 12.2. The topological polar surface area (TPSA) is 29.1 Å². The Bertz CT molecular complexity index is 668. The van der Waals surface area contributed by atoms with Crippen LogP contribution >= 0.6 is 0 Å². The molecule has 0 aliphatic carbocycles. The van der Waals surface area contributed by atoms with Gasteiger partial charge in [0.2, 0.25) is 5.78 Å². The maximum Gasteiger partial charge on any atom is 0.211 e.